The number of esters is 2. The zero-order valence-corrected chi connectivity index (χ0v) is 32.5. The number of phosphoric ester groups is 1. The summed E-state index contributed by atoms with van der Waals surface area (Å²) in [5.41, 5.74) is 0. The fourth-order valence-corrected chi connectivity index (χ4v) is 6.58. The Bertz CT molecular complexity index is 811. The molecule has 0 aliphatic rings. The molecule has 0 spiro atoms. The maximum Gasteiger partial charge on any atom is 0.475 e. The molecule has 4 atom stereocenters. The third-order valence-corrected chi connectivity index (χ3v) is 9.74. The van der Waals surface area contributed by atoms with E-state index in [-0.39, 0.29) is 12.8 Å². The molecule has 0 saturated carbocycles. The van der Waals surface area contributed by atoms with Crippen molar-refractivity contribution < 1.29 is 47.8 Å². The number of aliphatic hydroxyl groups is 2. The number of phosphoric acid groups is 1. The number of aliphatic hydroxyl groups excluding tert-OH is 2. The summed E-state index contributed by atoms with van der Waals surface area (Å²) in [6.07, 6.45) is 26.7. The fraction of sp³-hybridized carbons (Fsp3) is 0.947. The highest BCUT2D eigenvalue weighted by Crippen LogP contribution is 2.45. The fourth-order valence-electron chi connectivity index (χ4n) is 5.68. The van der Waals surface area contributed by atoms with Crippen molar-refractivity contribution in [1.29, 1.82) is 0 Å². The molecule has 0 fully saturated rings. The van der Waals surface area contributed by atoms with Crippen LogP contribution in [-0.2, 0) is 32.7 Å². The van der Waals surface area contributed by atoms with E-state index in [0.717, 1.165) is 38.5 Å². The van der Waals surface area contributed by atoms with Crippen LogP contribution >= 0.6 is 7.82 Å². The molecule has 0 rings (SSSR count). The molecule has 0 saturated heterocycles. The molecule has 10 nitrogen and oxygen atoms in total. The van der Waals surface area contributed by atoms with Gasteiger partial charge in [-0.15, -0.1) is 0 Å². The Labute approximate surface area is 299 Å². The van der Waals surface area contributed by atoms with Crippen molar-refractivity contribution in [2.24, 2.45) is 0 Å². The second kappa shape index (κ2) is 34.1. The molecule has 0 bridgehead atoms. The average Bonchev–Trinajstić information content (AvgIpc) is 3.07. The normalized spacial score (nSPS) is 14.7. The topological polar surface area (TPSA) is 149 Å². The molecule has 0 radical (unpaired) electrons. The lowest BCUT2D eigenvalue weighted by Crippen LogP contribution is -2.35. The first kappa shape index (κ1) is 48.0. The average molecular weight is 723 g/mol. The summed E-state index contributed by atoms with van der Waals surface area (Å²) in [5.74, 6) is -1.15. The van der Waals surface area contributed by atoms with Crippen LogP contribution in [0.3, 0.4) is 0 Å². The number of carbonyl (C=O) groups is 2. The van der Waals surface area contributed by atoms with E-state index in [0.29, 0.717) is 12.8 Å². The maximum absolute atomic E-state index is 12.6. The number of hydrogen-bond donors (Lipinski definition) is 3. The van der Waals surface area contributed by atoms with Gasteiger partial charge in [0.2, 0.25) is 6.29 Å². The van der Waals surface area contributed by atoms with Gasteiger partial charge in [0, 0.05) is 12.8 Å². The highest BCUT2D eigenvalue weighted by atomic mass is 31.2. The van der Waals surface area contributed by atoms with Crippen molar-refractivity contribution in [1.82, 2.24) is 0 Å². The molecule has 0 heterocycles. The summed E-state index contributed by atoms with van der Waals surface area (Å²) in [4.78, 5) is 35.3. The second-order valence-corrected chi connectivity index (χ2v) is 15.2. The van der Waals surface area contributed by atoms with Gasteiger partial charge in [0.1, 0.15) is 6.10 Å². The molecule has 0 aromatic carbocycles. The van der Waals surface area contributed by atoms with Crippen LogP contribution in [0.1, 0.15) is 201 Å². The van der Waals surface area contributed by atoms with E-state index in [1.54, 1.807) is 0 Å². The Balaban J connectivity index is 4.44. The molecule has 2 unspecified atom stereocenters. The van der Waals surface area contributed by atoms with Gasteiger partial charge in [-0.25, -0.2) is 9.09 Å². The number of unbranched alkanes of at least 4 members (excludes halogenated alkanes) is 24. The van der Waals surface area contributed by atoms with Crippen LogP contribution in [0.5, 0.6) is 0 Å². The first-order valence-electron chi connectivity index (χ1n) is 20.0. The zero-order valence-electron chi connectivity index (χ0n) is 31.6. The van der Waals surface area contributed by atoms with Gasteiger partial charge in [-0.05, 0) is 19.8 Å². The van der Waals surface area contributed by atoms with Crippen LogP contribution in [0.25, 0.3) is 0 Å². The zero-order chi connectivity index (χ0) is 36.4. The molecule has 292 valence electrons. The summed E-state index contributed by atoms with van der Waals surface area (Å²) in [6.45, 7) is 4.55. The molecule has 49 heavy (non-hydrogen) atoms. The largest absolute Gasteiger partial charge is 0.475 e. The second-order valence-electron chi connectivity index (χ2n) is 13.7. The SMILES string of the molecule is CCCCCCCCCCCCCCCC(=O)OC(C)[C@H](OC(=O)CCCCCCCCCCCCCCC)OP(=O)(O)OC[C@H](O)CO. The van der Waals surface area contributed by atoms with Gasteiger partial charge in [-0.3, -0.25) is 14.1 Å². The summed E-state index contributed by atoms with van der Waals surface area (Å²) >= 11 is 0. The molecule has 0 aliphatic carbocycles. The van der Waals surface area contributed by atoms with Crippen molar-refractivity contribution in [3.05, 3.63) is 0 Å². The van der Waals surface area contributed by atoms with Crippen LogP contribution in [0.15, 0.2) is 0 Å². The predicted molar refractivity (Wildman–Crippen MR) is 196 cm³/mol. The van der Waals surface area contributed by atoms with Crippen LogP contribution in [0.2, 0.25) is 0 Å². The van der Waals surface area contributed by atoms with E-state index in [9.17, 15) is 24.2 Å². The molecule has 3 N–H and O–H groups in total. The quantitative estimate of drug-likeness (QED) is 0.0245. The van der Waals surface area contributed by atoms with Crippen LogP contribution < -0.4 is 0 Å². The molecule has 0 aromatic rings. The van der Waals surface area contributed by atoms with E-state index < -0.39 is 51.5 Å². The van der Waals surface area contributed by atoms with E-state index >= 15 is 0 Å². The summed E-state index contributed by atoms with van der Waals surface area (Å²) in [5, 5.41) is 18.4. The minimum absolute atomic E-state index is 0.0943. The first-order chi connectivity index (χ1) is 23.6. The third-order valence-electron chi connectivity index (χ3n) is 8.80. The van der Waals surface area contributed by atoms with E-state index in [1.807, 2.05) is 0 Å². The highest BCUT2D eigenvalue weighted by Gasteiger charge is 2.35. The number of hydrogen-bond acceptors (Lipinski definition) is 9. The van der Waals surface area contributed by atoms with Crippen LogP contribution in [0, 0.1) is 0 Å². The maximum atomic E-state index is 12.6. The Kier molecular flexibility index (Phi) is 33.4. The van der Waals surface area contributed by atoms with Crippen molar-refractivity contribution in [2.75, 3.05) is 13.2 Å². The van der Waals surface area contributed by atoms with Gasteiger partial charge in [-0.1, -0.05) is 168 Å². The number of ether oxygens (including phenoxy) is 2. The van der Waals surface area contributed by atoms with Gasteiger partial charge >= 0.3 is 19.8 Å². The Morgan fingerprint density at radius 3 is 1.24 bits per heavy atom. The minimum atomic E-state index is -4.82. The van der Waals surface area contributed by atoms with Gasteiger partial charge in [-0.2, -0.15) is 0 Å². The van der Waals surface area contributed by atoms with E-state index in [1.165, 1.54) is 122 Å². The lowest BCUT2D eigenvalue weighted by Gasteiger charge is -2.26. The van der Waals surface area contributed by atoms with Gasteiger partial charge < -0.3 is 24.6 Å². The molecule has 0 aliphatic heterocycles. The Morgan fingerprint density at radius 2 is 0.898 bits per heavy atom. The predicted octanol–water partition coefficient (Wildman–Crippen LogP) is 10.2. The lowest BCUT2D eigenvalue weighted by atomic mass is 10.0. The summed E-state index contributed by atoms with van der Waals surface area (Å²) < 4.78 is 33.1. The summed E-state index contributed by atoms with van der Waals surface area (Å²) in [7, 11) is -4.82. The molecule has 11 heteroatoms. The minimum Gasteiger partial charge on any atom is -0.456 e. The van der Waals surface area contributed by atoms with Crippen molar-refractivity contribution in [2.45, 2.75) is 219 Å². The number of carbonyl (C=O) groups excluding carboxylic acids is 2. The standard InChI is InChI=1S/C38H75O10P/c1-4-6-8-10-12-14-16-18-20-22-24-26-28-30-36(41)46-34(3)38(48-49(43,44)45-33-35(40)32-39)47-37(42)31-29-27-25-23-21-19-17-15-13-11-9-7-5-2/h34-35,38-40H,4-33H2,1-3H3,(H,43,44)/t34?,35-,38-/m1/s1. The van der Waals surface area contributed by atoms with Crippen molar-refractivity contribution in [3.8, 4) is 0 Å². The van der Waals surface area contributed by atoms with Crippen LogP contribution in [-0.4, -0.2) is 58.8 Å². The highest BCUT2D eigenvalue weighted by molar-refractivity contribution is 7.47. The van der Waals surface area contributed by atoms with Gasteiger partial charge in [0.05, 0.1) is 13.2 Å². The molecular formula is C38H75O10P. The monoisotopic (exact) mass is 723 g/mol. The Morgan fingerprint density at radius 1 is 0.571 bits per heavy atom. The molecule has 0 amide bonds. The molecular weight excluding hydrogens is 647 g/mol. The van der Waals surface area contributed by atoms with E-state index in [2.05, 4.69) is 13.8 Å². The summed E-state index contributed by atoms with van der Waals surface area (Å²) in [6, 6.07) is 0. The smallest absolute Gasteiger partial charge is 0.456 e. The van der Waals surface area contributed by atoms with Crippen molar-refractivity contribution >= 4 is 19.8 Å². The Hall–Kier alpha value is -1.03. The van der Waals surface area contributed by atoms with Crippen molar-refractivity contribution in [3.63, 3.8) is 0 Å². The number of rotatable bonds is 37. The third kappa shape index (κ3) is 32.6. The first-order valence-corrected chi connectivity index (χ1v) is 21.5. The van der Waals surface area contributed by atoms with Gasteiger partial charge in [0.15, 0.2) is 6.10 Å². The van der Waals surface area contributed by atoms with Crippen LogP contribution in [0.4, 0.5) is 0 Å². The molecule has 0 aromatic heterocycles. The van der Waals surface area contributed by atoms with Gasteiger partial charge in [0.25, 0.3) is 0 Å². The van der Waals surface area contributed by atoms with E-state index in [4.69, 9.17) is 23.6 Å². The lowest BCUT2D eigenvalue weighted by molar-refractivity contribution is -0.193.